The molecule has 1 heterocycles. The molecule has 0 bridgehead atoms. The predicted molar refractivity (Wildman–Crippen MR) is 88.3 cm³/mol. The normalized spacial score (nSPS) is 12.2. The number of nitrogens with zero attached hydrogens (tertiary/aromatic N) is 2. The molecule has 0 spiro atoms. The van der Waals surface area contributed by atoms with Crippen LogP contribution < -0.4 is 10.0 Å². The summed E-state index contributed by atoms with van der Waals surface area (Å²) in [4.78, 5) is -0.000151. The van der Waals surface area contributed by atoms with Gasteiger partial charge in [-0.15, -0.1) is 6.42 Å². The van der Waals surface area contributed by atoms with Crippen molar-refractivity contribution in [1.82, 2.24) is 9.88 Å². The molecule has 2 N–H and O–H groups in total. The lowest BCUT2D eigenvalue weighted by atomic mass is 10.2. The molecule has 0 aliphatic rings. The van der Waals surface area contributed by atoms with E-state index in [-0.39, 0.29) is 17.1 Å². The molecule has 1 aromatic carbocycles. The minimum atomic E-state index is -3.84. The largest absolute Gasteiger partial charge is 0.377 e. The van der Waals surface area contributed by atoms with Gasteiger partial charge in [0, 0.05) is 6.07 Å². The summed E-state index contributed by atoms with van der Waals surface area (Å²) >= 11 is 0. The third-order valence-corrected chi connectivity index (χ3v) is 4.71. The highest BCUT2D eigenvalue weighted by Crippen LogP contribution is 2.23. The van der Waals surface area contributed by atoms with Gasteiger partial charge in [-0.2, -0.15) is 9.98 Å². The quantitative estimate of drug-likeness (QED) is 0.773. The van der Waals surface area contributed by atoms with E-state index in [1.807, 2.05) is 6.07 Å². The average Bonchev–Trinajstić information content (AvgIpc) is 2.97. The van der Waals surface area contributed by atoms with Gasteiger partial charge in [0.05, 0.1) is 35.6 Å². The molecule has 124 valence electrons. The predicted octanol–water partition coefficient (Wildman–Crippen LogP) is 1.77. The van der Waals surface area contributed by atoms with Crippen LogP contribution in [0.2, 0.25) is 0 Å². The summed E-state index contributed by atoms with van der Waals surface area (Å²) in [6, 6.07) is 7.30. The number of aromatic nitrogens is 1. The zero-order chi connectivity index (χ0) is 17.7. The molecule has 0 radical (unpaired) electrons. The standard InChI is InChI=1S/C16H16N4O3S/c1-4-11(2)20-24(21,22)16-6-5-13(9-17)8-15(16)18-10-14-7-12(3)19-23-14/h1,5-8,11,18,20H,10H2,2-3H3. The van der Waals surface area contributed by atoms with Gasteiger partial charge in [0.15, 0.2) is 5.76 Å². The number of nitriles is 1. The maximum Gasteiger partial charge on any atom is 0.243 e. The van der Waals surface area contributed by atoms with Crippen LogP contribution in [0.5, 0.6) is 0 Å². The van der Waals surface area contributed by atoms with E-state index in [1.54, 1.807) is 19.9 Å². The Bertz CT molecular complexity index is 920. The van der Waals surface area contributed by atoms with E-state index in [2.05, 4.69) is 21.1 Å². The van der Waals surface area contributed by atoms with E-state index in [0.717, 1.165) is 5.69 Å². The van der Waals surface area contributed by atoms with Gasteiger partial charge in [-0.1, -0.05) is 11.1 Å². The number of terminal acetylenes is 1. The second-order valence-corrected chi connectivity index (χ2v) is 6.80. The van der Waals surface area contributed by atoms with E-state index in [1.165, 1.54) is 18.2 Å². The summed E-state index contributed by atoms with van der Waals surface area (Å²) in [6.07, 6.45) is 5.22. The number of hydrogen-bond acceptors (Lipinski definition) is 6. The zero-order valence-corrected chi connectivity index (χ0v) is 14.0. The van der Waals surface area contributed by atoms with E-state index < -0.39 is 16.1 Å². The Morgan fingerprint density at radius 3 is 2.75 bits per heavy atom. The second-order valence-electron chi connectivity index (χ2n) is 5.12. The van der Waals surface area contributed by atoms with Crippen molar-refractivity contribution in [3.8, 4) is 18.4 Å². The molecule has 1 aromatic heterocycles. The fourth-order valence-electron chi connectivity index (χ4n) is 1.98. The van der Waals surface area contributed by atoms with Crippen LogP contribution in [0.25, 0.3) is 0 Å². The maximum atomic E-state index is 12.5. The third-order valence-electron chi connectivity index (χ3n) is 3.11. The van der Waals surface area contributed by atoms with Crippen molar-refractivity contribution in [1.29, 1.82) is 5.26 Å². The third kappa shape index (κ3) is 4.13. The second kappa shape index (κ2) is 7.18. The monoisotopic (exact) mass is 344 g/mol. The Labute approximate surface area is 140 Å². The molecule has 7 nitrogen and oxygen atoms in total. The number of anilines is 1. The van der Waals surface area contributed by atoms with Crippen LogP contribution in [-0.2, 0) is 16.6 Å². The molecule has 0 amide bonds. The van der Waals surface area contributed by atoms with Gasteiger partial charge in [-0.25, -0.2) is 8.42 Å². The Morgan fingerprint density at radius 1 is 1.42 bits per heavy atom. The molecular weight excluding hydrogens is 328 g/mol. The number of aryl methyl sites for hydroxylation is 1. The van der Waals surface area contributed by atoms with Gasteiger partial charge in [-0.05, 0) is 32.0 Å². The topological polar surface area (TPSA) is 108 Å². The number of nitrogens with one attached hydrogen (secondary N) is 2. The first-order chi connectivity index (χ1) is 11.4. The molecule has 0 fully saturated rings. The highest BCUT2D eigenvalue weighted by molar-refractivity contribution is 7.89. The molecule has 0 aliphatic carbocycles. The summed E-state index contributed by atoms with van der Waals surface area (Å²) < 4.78 is 32.4. The molecule has 0 saturated heterocycles. The van der Waals surface area contributed by atoms with Crippen LogP contribution in [0.3, 0.4) is 0 Å². The van der Waals surface area contributed by atoms with Crippen LogP contribution in [-0.4, -0.2) is 19.6 Å². The van der Waals surface area contributed by atoms with Crippen LogP contribution in [0.4, 0.5) is 5.69 Å². The molecule has 2 aromatic rings. The molecule has 1 atom stereocenters. The van der Waals surface area contributed by atoms with Gasteiger partial charge >= 0.3 is 0 Å². The number of sulfonamides is 1. The van der Waals surface area contributed by atoms with Gasteiger partial charge < -0.3 is 9.84 Å². The van der Waals surface area contributed by atoms with Crippen LogP contribution in [0.1, 0.15) is 23.9 Å². The fraction of sp³-hybridized carbons (Fsp3) is 0.250. The summed E-state index contributed by atoms with van der Waals surface area (Å²) in [7, 11) is -3.84. The van der Waals surface area contributed by atoms with Crippen molar-refractivity contribution in [2.24, 2.45) is 0 Å². The van der Waals surface area contributed by atoms with Crippen molar-refractivity contribution in [2.75, 3.05) is 5.32 Å². The van der Waals surface area contributed by atoms with Crippen molar-refractivity contribution in [2.45, 2.75) is 31.3 Å². The van der Waals surface area contributed by atoms with Gasteiger partial charge in [0.2, 0.25) is 10.0 Å². The van der Waals surface area contributed by atoms with Crippen molar-refractivity contribution < 1.29 is 12.9 Å². The van der Waals surface area contributed by atoms with Gasteiger partial charge in [-0.3, -0.25) is 0 Å². The smallest absolute Gasteiger partial charge is 0.243 e. The summed E-state index contributed by atoms with van der Waals surface area (Å²) in [5.41, 5.74) is 1.32. The van der Waals surface area contributed by atoms with Gasteiger partial charge in [0.25, 0.3) is 0 Å². The number of hydrogen-bond donors (Lipinski definition) is 2. The number of rotatable bonds is 6. The summed E-state index contributed by atoms with van der Waals surface area (Å²) in [6.45, 7) is 3.57. The Hall–Kier alpha value is -2.81. The summed E-state index contributed by atoms with van der Waals surface area (Å²) in [5, 5.41) is 15.8. The minimum absolute atomic E-state index is 0.000151. The highest BCUT2D eigenvalue weighted by Gasteiger charge is 2.21. The van der Waals surface area contributed by atoms with Crippen LogP contribution in [0.15, 0.2) is 33.7 Å². The first kappa shape index (κ1) is 17.5. The molecule has 0 saturated carbocycles. The molecule has 0 aliphatic heterocycles. The highest BCUT2D eigenvalue weighted by atomic mass is 32.2. The number of benzene rings is 1. The fourth-order valence-corrected chi connectivity index (χ4v) is 3.31. The summed E-state index contributed by atoms with van der Waals surface area (Å²) in [5.74, 6) is 2.85. The molecule has 2 rings (SSSR count). The SMILES string of the molecule is C#CC(C)NS(=O)(=O)c1ccc(C#N)cc1NCc1cc(C)no1. The maximum absolute atomic E-state index is 12.5. The average molecular weight is 344 g/mol. The van der Waals surface area contributed by atoms with E-state index in [4.69, 9.17) is 16.2 Å². The zero-order valence-electron chi connectivity index (χ0n) is 13.2. The van der Waals surface area contributed by atoms with E-state index in [9.17, 15) is 8.42 Å². The minimum Gasteiger partial charge on any atom is -0.377 e. The Kier molecular flexibility index (Phi) is 5.24. The molecule has 8 heteroatoms. The Morgan fingerprint density at radius 2 is 2.17 bits per heavy atom. The molecule has 24 heavy (non-hydrogen) atoms. The Balaban J connectivity index is 2.34. The van der Waals surface area contributed by atoms with Crippen molar-refractivity contribution in [3.63, 3.8) is 0 Å². The van der Waals surface area contributed by atoms with Crippen LogP contribution in [0, 0.1) is 30.6 Å². The van der Waals surface area contributed by atoms with Crippen LogP contribution >= 0.6 is 0 Å². The molecular formula is C16H16N4O3S. The van der Waals surface area contributed by atoms with Gasteiger partial charge in [0.1, 0.15) is 4.90 Å². The lowest BCUT2D eigenvalue weighted by Crippen LogP contribution is -2.31. The lowest BCUT2D eigenvalue weighted by Gasteiger charge is -2.14. The van der Waals surface area contributed by atoms with E-state index in [0.29, 0.717) is 11.3 Å². The first-order valence-electron chi connectivity index (χ1n) is 7.04. The lowest BCUT2D eigenvalue weighted by molar-refractivity contribution is 0.384. The van der Waals surface area contributed by atoms with E-state index >= 15 is 0 Å². The first-order valence-corrected chi connectivity index (χ1v) is 8.52. The molecule has 1 unspecified atom stereocenters. The van der Waals surface area contributed by atoms with Crippen molar-refractivity contribution >= 4 is 15.7 Å². The van der Waals surface area contributed by atoms with Crippen molar-refractivity contribution in [3.05, 3.63) is 41.3 Å².